The van der Waals surface area contributed by atoms with E-state index in [9.17, 15) is 14.5 Å². The van der Waals surface area contributed by atoms with E-state index in [0.29, 0.717) is 23.4 Å². The van der Waals surface area contributed by atoms with Crippen LogP contribution in [0.1, 0.15) is 12.8 Å². The molecule has 2 aliphatic carbocycles. The lowest BCUT2D eigenvalue weighted by molar-refractivity contribution is -0.385. The van der Waals surface area contributed by atoms with Gasteiger partial charge in [0.15, 0.2) is 5.82 Å². The molecule has 0 saturated heterocycles. The Morgan fingerprint density at radius 2 is 2.21 bits per heavy atom. The Labute approximate surface area is 110 Å². The molecule has 1 saturated carbocycles. The summed E-state index contributed by atoms with van der Waals surface area (Å²) in [6.07, 6.45) is 6.90. The van der Waals surface area contributed by atoms with Gasteiger partial charge in [0.25, 0.3) is 5.69 Å². The second-order valence-corrected chi connectivity index (χ2v) is 5.34. The van der Waals surface area contributed by atoms with Crippen LogP contribution in [-0.2, 0) is 0 Å². The summed E-state index contributed by atoms with van der Waals surface area (Å²) in [7, 11) is 0. The molecule has 19 heavy (non-hydrogen) atoms. The minimum atomic E-state index is -0.590. The summed E-state index contributed by atoms with van der Waals surface area (Å²) in [5.74, 6) is 1.29. The number of hydrogen-bond donors (Lipinski definition) is 1. The third-order valence-electron chi connectivity index (χ3n) is 4.13. The number of allylic oxidation sites excluding steroid dienone is 2. The molecule has 4 nitrogen and oxygen atoms in total. The number of fused-ring (bicyclic) bond motifs is 2. The molecule has 5 heteroatoms. The molecule has 3 atom stereocenters. The summed E-state index contributed by atoms with van der Waals surface area (Å²) >= 11 is 0. The molecule has 0 amide bonds. The van der Waals surface area contributed by atoms with Gasteiger partial charge >= 0.3 is 0 Å². The van der Waals surface area contributed by atoms with E-state index in [1.54, 1.807) is 0 Å². The fourth-order valence-electron chi connectivity index (χ4n) is 3.13. The van der Waals surface area contributed by atoms with Crippen molar-refractivity contribution in [3.05, 3.63) is 46.3 Å². The number of nitro groups is 1. The molecule has 1 fully saturated rings. The first-order valence-corrected chi connectivity index (χ1v) is 6.49. The lowest BCUT2D eigenvalue weighted by Gasteiger charge is -2.19. The van der Waals surface area contributed by atoms with Gasteiger partial charge in [0.05, 0.1) is 16.7 Å². The first-order valence-electron chi connectivity index (χ1n) is 6.49. The maximum Gasteiger partial charge on any atom is 0.272 e. The van der Waals surface area contributed by atoms with Crippen molar-refractivity contribution >= 4 is 11.4 Å². The second-order valence-electron chi connectivity index (χ2n) is 5.34. The van der Waals surface area contributed by atoms with E-state index >= 15 is 0 Å². The predicted molar refractivity (Wildman–Crippen MR) is 70.4 cm³/mol. The summed E-state index contributed by atoms with van der Waals surface area (Å²) < 4.78 is 13.7. The second kappa shape index (κ2) is 4.64. The average Bonchev–Trinajstić information content (AvgIpc) is 2.99. The highest BCUT2D eigenvalue weighted by atomic mass is 19.1. The van der Waals surface area contributed by atoms with Crippen LogP contribution < -0.4 is 5.32 Å². The Morgan fingerprint density at radius 3 is 2.79 bits per heavy atom. The van der Waals surface area contributed by atoms with Gasteiger partial charge in [0, 0.05) is 12.6 Å². The first kappa shape index (κ1) is 12.1. The minimum absolute atomic E-state index is 0.217. The fraction of sp³-hybridized carbons (Fsp3) is 0.429. The third kappa shape index (κ3) is 2.32. The van der Waals surface area contributed by atoms with E-state index in [1.807, 2.05) is 0 Å². The molecular weight excluding hydrogens is 247 g/mol. The van der Waals surface area contributed by atoms with Crippen molar-refractivity contribution in [3.8, 4) is 0 Å². The monoisotopic (exact) mass is 262 g/mol. The van der Waals surface area contributed by atoms with Crippen molar-refractivity contribution in [1.29, 1.82) is 0 Å². The molecule has 3 rings (SSSR count). The summed E-state index contributed by atoms with van der Waals surface area (Å²) in [6.45, 7) is 0.722. The SMILES string of the molecule is O=[N+]([O-])c1ccc(NCC2CC3C=CC2C3)c(F)c1. The third-order valence-corrected chi connectivity index (χ3v) is 4.13. The molecular formula is C14H15FN2O2. The van der Waals surface area contributed by atoms with Crippen molar-refractivity contribution in [1.82, 2.24) is 0 Å². The first-order chi connectivity index (χ1) is 9.13. The van der Waals surface area contributed by atoms with Gasteiger partial charge in [-0.1, -0.05) is 12.2 Å². The molecule has 2 aliphatic rings. The van der Waals surface area contributed by atoms with Crippen molar-refractivity contribution in [2.24, 2.45) is 17.8 Å². The Kier molecular flexibility index (Phi) is 2.97. The Hall–Kier alpha value is -1.91. The van der Waals surface area contributed by atoms with Crippen LogP contribution in [0, 0.1) is 33.7 Å². The van der Waals surface area contributed by atoms with Crippen LogP contribution in [0.15, 0.2) is 30.4 Å². The highest BCUT2D eigenvalue weighted by Gasteiger charge is 2.35. The maximum atomic E-state index is 13.7. The van der Waals surface area contributed by atoms with Gasteiger partial charge < -0.3 is 5.32 Å². The van der Waals surface area contributed by atoms with Gasteiger partial charge in [-0.3, -0.25) is 10.1 Å². The van der Waals surface area contributed by atoms with Gasteiger partial charge in [-0.25, -0.2) is 4.39 Å². The standard InChI is InChI=1S/C14H15FN2O2/c15-13-7-12(17(18)19)3-4-14(13)16-8-11-6-9-1-2-10(11)5-9/h1-4,7,9-11,16H,5-6,8H2. The van der Waals surface area contributed by atoms with Crippen LogP contribution >= 0.6 is 0 Å². The van der Waals surface area contributed by atoms with Crippen molar-refractivity contribution in [3.63, 3.8) is 0 Å². The molecule has 100 valence electrons. The molecule has 0 radical (unpaired) electrons. The smallest absolute Gasteiger partial charge is 0.272 e. The van der Waals surface area contributed by atoms with E-state index in [4.69, 9.17) is 0 Å². The van der Waals surface area contributed by atoms with Gasteiger partial charge in [-0.05, 0) is 36.7 Å². The topological polar surface area (TPSA) is 55.2 Å². The lowest BCUT2D eigenvalue weighted by atomic mass is 9.93. The highest BCUT2D eigenvalue weighted by molar-refractivity contribution is 5.50. The van der Waals surface area contributed by atoms with Crippen molar-refractivity contribution in [2.45, 2.75) is 12.8 Å². The summed E-state index contributed by atoms with van der Waals surface area (Å²) in [6, 6.07) is 3.73. The molecule has 0 spiro atoms. The molecule has 1 aromatic rings. The zero-order valence-corrected chi connectivity index (χ0v) is 10.4. The van der Waals surface area contributed by atoms with E-state index < -0.39 is 10.7 Å². The molecule has 3 unspecified atom stereocenters. The summed E-state index contributed by atoms with van der Waals surface area (Å²) in [5, 5.41) is 13.6. The molecule has 0 aliphatic heterocycles. The van der Waals surface area contributed by atoms with Crippen LogP contribution in [0.2, 0.25) is 0 Å². The summed E-state index contributed by atoms with van der Waals surface area (Å²) in [4.78, 5) is 9.94. The number of halogens is 1. The van der Waals surface area contributed by atoms with Crippen molar-refractivity contribution < 1.29 is 9.31 Å². The van der Waals surface area contributed by atoms with Gasteiger partial charge in [-0.15, -0.1) is 0 Å². The molecule has 0 heterocycles. The Balaban J connectivity index is 1.64. The van der Waals surface area contributed by atoms with E-state index in [1.165, 1.54) is 18.6 Å². The van der Waals surface area contributed by atoms with Crippen molar-refractivity contribution in [2.75, 3.05) is 11.9 Å². The highest BCUT2D eigenvalue weighted by Crippen LogP contribution is 2.43. The number of non-ortho nitro benzene ring substituents is 1. The minimum Gasteiger partial charge on any atom is -0.382 e. The molecule has 0 aromatic heterocycles. The lowest BCUT2D eigenvalue weighted by Crippen LogP contribution is -2.18. The number of rotatable bonds is 4. The van der Waals surface area contributed by atoms with E-state index in [2.05, 4.69) is 17.5 Å². The zero-order valence-electron chi connectivity index (χ0n) is 10.4. The van der Waals surface area contributed by atoms with Crippen LogP contribution in [0.25, 0.3) is 0 Å². The summed E-state index contributed by atoms with van der Waals surface area (Å²) in [5.41, 5.74) is 0.128. The van der Waals surface area contributed by atoms with Crippen LogP contribution in [-0.4, -0.2) is 11.5 Å². The fourth-order valence-corrected chi connectivity index (χ4v) is 3.13. The molecule has 1 aromatic carbocycles. The van der Waals surface area contributed by atoms with E-state index in [0.717, 1.165) is 19.0 Å². The van der Waals surface area contributed by atoms with Gasteiger partial charge in [0.1, 0.15) is 0 Å². The zero-order chi connectivity index (χ0) is 13.4. The molecule has 1 N–H and O–H groups in total. The quantitative estimate of drug-likeness (QED) is 0.514. The predicted octanol–water partition coefficient (Wildman–Crippen LogP) is 3.36. The molecule has 2 bridgehead atoms. The number of anilines is 1. The van der Waals surface area contributed by atoms with Gasteiger partial charge in [-0.2, -0.15) is 0 Å². The Morgan fingerprint density at radius 1 is 1.37 bits per heavy atom. The average molecular weight is 262 g/mol. The number of nitro benzene ring substituents is 1. The Bertz CT molecular complexity index is 544. The number of benzene rings is 1. The number of hydrogen-bond acceptors (Lipinski definition) is 3. The normalized spacial score (nSPS) is 27.7. The van der Waals surface area contributed by atoms with Crippen LogP contribution in [0.5, 0.6) is 0 Å². The maximum absolute atomic E-state index is 13.7. The largest absolute Gasteiger partial charge is 0.382 e. The number of nitrogens with zero attached hydrogens (tertiary/aromatic N) is 1. The van der Waals surface area contributed by atoms with E-state index in [-0.39, 0.29) is 5.69 Å². The van der Waals surface area contributed by atoms with Crippen LogP contribution in [0.4, 0.5) is 15.8 Å². The van der Waals surface area contributed by atoms with Crippen LogP contribution in [0.3, 0.4) is 0 Å². The number of nitrogens with one attached hydrogen (secondary N) is 1. The van der Waals surface area contributed by atoms with Gasteiger partial charge in [0.2, 0.25) is 0 Å².